The third-order valence-electron chi connectivity index (χ3n) is 2.31. The molecule has 1 unspecified atom stereocenters. The zero-order chi connectivity index (χ0) is 11.5. The lowest BCUT2D eigenvalue weighted by Crippen LogP contribution is -2.36. The second-order valence-electron chi connectivity index (χ2n) is 4.87. The number of thiazole rings is 1. The Balaban J connectivity index is 2.28. The maximum absolute atomic E-state index is 9.79. The van der Waals surface area contributed by atoms with Crippen molar-refractivity contribution in [2.45, 2.75) is 40.3 Å². The van der Waals surface area contributed by atoms with Crippen molar-refractivity contribution in [3.8, 4) is 0 Å². The van der Waals surface area contributed by atoms with Crippen LogP contribution in [0.4, 0.5) is 0 Å². The number of aromatic nitrogens is 1. The van der Waals surface area contributed by atoms with E-state index in [1.54, 1.807) is 11.3 Å². The summed E-state index contributed by atoms with van der Waals surface area (Å²) in [6, 6.07) is 0. The van der Waals surface area contributed by atoms with Crippen molar-refractivity contribution >= 4 is 11.3 Å². The van der Waals surface area contributed by atoms with E-state index in [1.165, 1.54) is 0 Å². The van der Waals surface area contributed by atoms with Crippen LogP contribution in [0.25, 0.3) is 0 Å². The van der Waals surface area contributed by atoms with E-state index in [1.807, 2.05) is 33.1 Å². The Kier molecular flexibility index (Phi) is 4.25. The minimum atomic E-state index is -0.322. The maximum Gasteiger partial charge on any atom is 0.0897 e. The summed E-state index contributed by atoms with van der Waals surface area (Å²) in [5.41, 5.74) is 0.990. The van der Waals surface area contributed by atoms with Crippen LogP contribution in [0.3, 0.4) is 0 Å². The first-order valence-corrected chi connectivity index (χ1v) is 6.07. The molecule has 0 saturated carbocycles. The van der Waals surface area contributed by atoms with Gasteiger partial charge < -0.3 is 10.4 Å². The Labute approximate surface area is 95.6 Å². The molecule has 1 aromatic rings. The van der Waals surface area contributed by atoms with Crippen molar-refractivity contribution in [2.24, 2.45) is 5.41 Å². The third-order valence-corrected chi connectivity index (χ3v) is 3.13. The van der Waals surface area contributed by atoms with Gasteiger partial charge in [0.15, 0.2) is 0 Å². The second-order valence-corrected chi connectivity index (χ2v) is 5.93. The van der Waals surface area contributed by atoms with Crippen LogP contribution < -0.4 is 5.32 Å². The lowest BCUT2D eigenvalue weighted by Gasteiger charge is -2.25. The Morgan fingerprint density at radius 2 is 2.20 bits per heavy atom. The van der Waals surface area contributed by atoms with E-state index in [0.29, 0.717) is 6.54 Å². The van der Waals surface area contributed by atoms with Crippen LogP contribution in [0.2, 0.25) is 0 Å². The Morgan fingerprint density at radius 1 is 1.53 bits per heavy atom. The topological polar surface area (TPSA) is 45.2 Å². The standard InChI is InChI=1S/C11H20N2OS/c1-8-13-9(7-15-8)5-12-6-10(14)11(2,3)4/h7,10,12,14H,5-6H2,1-4H3. The highest BCUT2D eigenvalue weighted by atomic mass is 32.1. The van der Waals surface area contributed by atoms with Gasteiger partial charge >= 0.3 is 0 Å². The van der Waals surface area contributed by atoms with Gasteiger partial charge in [-0.1, -0.05) is 20.8 Å². The number of nitrogens with one attached hydrogen (secondary N) is 1. The number of hydrogen-bond donors (Lipinski definition) is 2. The van der Waals surface area contributed by atoms with Crippen LogP contribution in [0.1, 0.15) is 31.5 Å². The fraction of sp³-hybridized carbons (Fsp3) is 0.727. The number of aliphatic hydroxyl groups is 1. The first-order chi connectivity index (χ1) is 6.89. The monoisotopic (exact) mass is 228 g/mol. The van der Waals surface area contributed by atoms with E-state index in [9.17, 15) is 5.11 Å². The number of nitrogens with zero attached hydrogens (tertiary/aromatic N) is 1. The molecule has 0 aliphatic heterocycles. The molecule has 0 amide bonds. The van der Waals surface area contributed by atoms with Crippen molar-refractivity contribution in [2.75, 3.05) is 6.54 Å². The minimum Gasteiger partial charge on any atom is -0.391 e. The third kappa shape index (κ3) is 4.28. The van der Waals surface area contributed by atoms with Crippen molar-refractivity contribution in [3.05, 3.63) is 16.1 Å². The molecule has 1 rings (SSSR count). The van der Waals surface area contributed by atoms with Crippen LogP contribution in [0.5, 0.6) is 0 Å². The number of aryl methyl sites for hydroxylation is 1. The van der Waals surface area contributed by atoms with Gasteiger partial charge in [0.2, 0.25) is 0 Å². The molecule has 0 fully saturated rings. The highest BCUT2D eigenvalue weighted by molar-refractivity contribution is 7.09. The first-order valence-electron chi connectivity index (χ1n) is 5.19. The summed E-state index contributed by atoms with van der Waals surface area (Å²) < 4.78 is 0. The molecule has 3 nitrogen and oxygen atoms in total. The van der Waals surface area contributed by atoms with E-state index in [2.05, 4.69) is 10.3 Å². The Hall–Kier alpha value is -0.450. The quantitative estimate of drug-likeness (QED) is 0.828. The molecule has 0 aromatic carbocycles. The van der Waals surface area contributed by atoms with E-state index in [0.717, 1.165) is 17.2 Å². The van der Waals surface area contributed by atoms with Gasteiger partial charge in [-0.05, 0) is 12.3 Å². The zero-order valence-electron chi connectivity index (χ0n) is 9.87. The van der Waals surface area contributed by atoms with E-state index in [4.69, 9.17) is 0 Å². The summed E-state index contributed by atoms with van der Waals surface area (Å²) in [5.74, 6) is 0. The van der Waals surface area contributed by atoms with Crippen LogP contribution in [-0.4, -0.2) is 22.7 Å². The molecule has 0 radical (unpaired) electrons. The number of hydrogen-bond acceptors (Lipinski definition) is 4. The summed E-state index contributed by atoms with van der Waals surface area (Å²) in [6.07, 6.45) is -0.322. The van der Waals surface area contributed by atoms with Gasteiger partial charge in [-0.2, -0.15) is 0 Å². The SMILES string of the molecule is Cc1nc(CNCC(O)C(C)(C)C)cs1. The van der Waals surface area contributed by atoms with E-state index in [-0.39, 0.29) is 11.5 Å². The summed E-state index contributed by atoms with van der Waals surface area (Å²) in [5, 5.41) is 16.1. The molecule has 1 atom stereocenters. The zero-order valence-corrected chi connectivity index (χ0v) is 10.7. The van der Waals surface area contributed by atoms with E-state index < -0.39 is 0 Å². The molecule has 2 N–H and O–H groups in total. The smallest absolute Gasteiger partial charge is 0.0897 e. The Morgan fingerprint density at radius 3 is 2.67 bits per heavy atom. The predicted molar refractivity (Wildman–Crippen MR) is 64.0 cm³/mol. The molecule has 0 aliphatic rings. The van der Waals surface area contributed by atoms with Gasteiger partial charge in [0, 0.05) is 18.5 Å². The van der Waals surface area contributed by atoms with Gasteiger partial charge in [0.05, 0.1) is 16.8 Å². The van der Waals surface area contributed by atoms with Crippen LogP contribution in [0, 0.1) is 12.3 Å². The van der Waals surface area contributed by atoms with E-state index >= 15 is 0 Å². The molecule has 0 bridgehead atoms. The average Bonchev–Trinajstić information content (AvgIpc) is 2.49. The van der Waals surface area contributed by atoms with Crippen molar-refractivity contribution < 1.29 is 5.11 Å². The van der Waals surface area contributed by atoms with Gasteiger partial charge in [0.1, 0.15) is 0 Å². The average molecular weight is 228 g/mol. The van der Waals surface area contributed by atoms with Gasteiger partial charge in [-0.15, -0.1) is 11.3 Å². The summed E-state index contributed by atoms with van der Waals surface area (Å²) in [6.45, 7) is 9.45. The fourth-order valence-electron chi connectivity index (χ4n) is 1.13. The summed E-state index contributed by atoms with van der Waals surface area (Å²) >= 11 is 1.66. The molecule has 4 heteroatoms. The largest absolute Gasteiger partial charge is 0.391 e. The molecule has 1 aromatic heterocycles. The van der Waals surface area contributed by atoms with Gasteiger partial charge in [-0.25, -0.2) is 4.98 Å². The maximum atomic E-state index is 9.79. The van der Waals surface area contributed by atoms with Crippen molar-refractivity contribution in [3.63, 3.8) is 0 Å². The molecule has 0 aliphatic carbocycles. The molecule has 0 spiro atoms. The molecule has 15 heavy (non-hydrogen) atoms. The highest BCUT2D eigenvalue weighted by Gasteiger charge is 2.21. The minimum absolute atomic E-state index is 0.0645. The molecular weight excluding hydrogens is 208 g/mol. The number of rotatable bonds is 4. The Bertz CT molecular complexity index is 304. The number of aliphatic hydroxyl groups excluding tert-OH is 1. The van der Waals surface area contributed by atoms with Gasteiger partial charge in [0.25, 0.3) is 0 Å². The summed E-state index contributed by atoms with van der Waals surface area (Å²) in [7, 11) is 0. The van der Waals surface area contributed by atoms with Crippen LogP contribution in [-0.2, 0) is 6.54 Å². The lowest BCUT2D eigenvalue weighted by atomic mass is 9.89. The lowest BCUT2D eigenvalue weighted by molar-refractivity contribution is 0.0627. The van der Waals surface area contributed by atoms with Gasteiger partial charge in [-0.3, -0.25) is 0 Å². The van der Waals surface area contributed by atoms with Crippen molar-refractivity contribution in [1.29, 1.82) is 0 Å². The van der Waals surface area contributed by atoms with Crippen molar-refractivity contribution in [1.82, 2.24) is 10.3 Å². The summed E-state index contributed by atoms with van der Waals surface area (Å²) in [4.78, 5) is 4.34. The normalized spacial score (nSPS) is 14.2. The highest BCUT2D eigenvalue weighted by Crippen LogP contribution is 2.18. The second kappa shape index (κ2) is 5.05. The molecule has 86 valence electrons. The van der Waals surface area contributed by atoms with Crippen LogP contribution >= 0.6 is 11.3 Å². The molecule has 1 heterocycles. The molecular formula is C11H20N2OS. The predicted octanol–water partition coefficient (Wildman–Crippen LogP) is 1.95. The van der Waals surface area contributed by atoms with Crippen LogP contribution in [0.15, 0.2) is 5.38 Å². The fourth-order valence-corrected chi connectivity index (χ4v) is 1.75. The molecule has 0 saturated heterocycles. The first kappa shape index (κ1) is 12.6.